The lowest BCUT2D eigenvalue weighted by Crippen LogP contribution is -2.46. The molecule has 0 bridgehead atoms. The van der Waals surface area contributed by atoms with Gasteiger partial charge in [-0.3, -0.25) is 0 Å². The number of benzene rings is 1. The molecule has 3 nitrogen and oxygen atoms in total. The van der Waals surface area contributed by atoms with E-state index in [1.165, 1.54) is 0 Å². The summed E-state index contributed by atoms with van der Waals surface area (Å²) in [7, 11) is 0. The highest BCUT2D eigenvalue weighted by atomic mass is 16.5. The van der Waals surface area contributed by atoms with Gasteiger partial charge in [-0.1, -0.05) is 18.2 Å². The molecular weight excluding hydrogens is 178 g/mol. The fraction of sp³-hybridized carbons (Fsp3) is 0.455. The Labute approximate surface area is 83.7 Å². The first kappa shape index (κ1) is 9.49. The molecule has 1 aliphatic rings. The number of ether oxygens (including phenoxy) is 1. The molecule has 0 saturated carbocycles. The second-order valence-corrected chi connectivity index (χ2v) is 3.53. The molecule has 0 amide bonds. The van der Waals surface area contributed by atoms with Crippen molar-refractivity contribution in [3.63, 3.8) is 0 Å². The van der Waals surface area contributed by atoms with Crippen LogP contribution in [0, 0.1) is 0 Å². The molecule has 2 rings (SSSR count). The number of hydrogen-bond acceptors (Lipinski definition) is 3. The maximum Gasteiger partial charge on any atom is 0.127 e. The minimum Gasteiger partial charge on any atom is -0.488 e. The van der Waals surface area contributed by atoms with E-state index in [2.05, 4.69) is 5.32 Å². The van der Waals surface area contributed by atoms with Crippen LogP contribution in [0.25, 0.3) is 0 Å². The van der Waals surface area contributed by atoms with Crippen LogP contribution in [-0.4, -0.2) is 30.4 Å². The molecule has 1 fully saturated rings. The van der Waals surface area contributed by atoms with Crippen LogP contribution in [0.1, 0.15) is 6.42 Å². The van der Waals surface area contributed by atoms with Gasteiger partial charge in [-0.2, -0.15) is 0 Å². The molecule has 1 heterocycles. The number of aliphatic hydroxyl groups excluding tert-OH is 1. The molecule has 14 heavy (non-hydrogen) atoms. The summed E-state index contributed by atoms with van der Waals surface area (Å²) in [6.45, 7) is 1.53. The largest absolute Gasteiger partial charge is 0.488 e. The second-order valence-electron chi connectivity index (χ2n) is 3.53. The van der Waals surface area contributed by atoms with Gasteiger partial charge in [-0.25, -0.2) is 0 Å². The van der Waals surface area contributed by atoms with Gasteiger partial charge >= 0.3 is 0 Å². The predicted octanol–water partition coefficient (Wildman–Crippen LogP) is 0.788. The van der Waals surface area contributed by atoms with E-state index in [0.29, 0.717) is 6.54 Å². The van der Waals surface area contributed by atoms with Gasteiger partial charge in [-0.15, -0.1) is 0 Å². The van der Waals surface area contributed by atoms with Crippen molar-refractivity contribution in [2.45, 2.75) is 18.6 Å². The highest BCUT2D eigenvalue weighted by Crippen LogP contribution is 2.15. The summed E-state index contributed by atoms with van der Waals surface area (Å²) in [5.74, 6) is 0.832. The molecule has 0 aliphatic carbocycles. The number of para-hydroxylation sites is 1. The van der Waals surface area contributed by atoms with Gasteiger partial charge in [0.2, 0.25) is 0 Å². The summed E-state index contributed by atoms with van der Waals surface area (Å²) in [5.41, 5.74) is 0. The van der Waals surface area contributed by atoms with Crippen LogP contribution < -0.4 is 10.1 Å². The average molecular weight is 193 g/mol. The molecule has 3 heteroatoms. The molecule has 2 N–H and O–H groups in total. The third kappa shape index (κ3) is 2.25. The number of rotatable bonds is 2. The highest BCUT2D eigenvalue weighted by Gasteiger charge is 2.24. The molecular formula is C11H15NO2. The second kappa shape index (κ2) is 4.44. The van der Waals surface area contributed by atoms with E-state index in [4.69, 9.17) is 4.74 Å². The van der Waals surface area contributed by atoms with Crippen LogP contribution in [0.15, 0.2) is 30.3 Å². The molecule has 1 aromatic carbocycles. The zero-order valence-electron chi connectivity index (χ0n) is 8.02. The molecule has 1 aromatic rings. The molecule has 0 spiro atoms. The first-order chi connectivity index (χ1) is 6.86. The fourth-order valence-electron chi connectivity index (χ4n) is 1.63. The summed E-state index contributed by atoms with van der Waals surface area (Å²) in [6.07, 6.45) is 0.387. The van der Waals surface area contributed by atoms with Gasteiger partial charge in [0, 0.05) is 6.54 Å². The Bertz CT molecular complexity index is 276. The van der Waals surface area contributed by atoms with Crippen LogP contribution in [0.4, 0.5) is 0 Å². The summed E-state index contributed by atoms with van der Waals surface area (Å²) in [6, 6.07) is 9.64. The molecule has 76 valence electrons. The summed E-state index contributed by atoms with van der Waals surface area (Å²) in [4.78, 5) is 0. The van der Waals surface area contributed by atoms with Gasteiger partial charge in [0.1, 0.15) is 18.0 Å². The minimum absolute atomic E-state index is 0.0707. The number of nitrogens with one attached hydrogen (secondary N) is 1. The normalized spacial score (nSPS) is 27.2. The lowest BCUT2D eigenvalue weighted by atomic mass is 10.1. The van der Waals surface area contributed by atoms with Gasteiger partial charge in [0.15, 0.2) is 0 Å². The molecule has 0 aromatic heterocycles. The molecule has 1 aliphatic heterocycles. The highest BCUT2D eigenvalue weighted by molar-refractivity contribution is 5.21. The Morgan fingerprint density at radius 3 is 2.79 bits per heavy atom. The predicted molar refractivity (Wildman–Crippen MR) is 54.4 cm³/mol. The van der Waals surface area contributed by atoms with Crippen molar-refractivity contribution < 1.29 is 9.84 Å². The number of aliphatic hydroxyl groups is 1. The number of hydrogen-bond donors (Lipinski definition) is 2. The molecule has 2 atom stereocenters. The van der Waals surface area contributed by atoms with E-state index >= 15 is 0 Å². The quantitative estimate of drug-likeness (QED) is 0.729. The Kier molecular flexibility index (Phi) is 3.01. The van der Waals surface area contributed by atoms with Crippen LogP contribution in [0.2, 0.25) is 0 Å². The van der Waals surface area contributed by atoms with Crippen LogP contribution in [0.3, 0.4) is 0 Å². The van der Waals surface area contributed by atoms with Crippen LogP contribution >= 0.6 is 0 Å². The summed E-state index contributed by atoms with van der Waals surface area (Å²) in [5, 5.41) is 12.8. The topological polar surface area (TPSA) is 41.5 Å². The van der Waals surface area contributed by atoms with Crippen LogP contribution in [0.5, 0.6) is 5.75 Å². The first-order valence-corrected chi connectivity index (χ1v) is 4.97. The van der Waals surface area contributed by atoms with Crippen LogP contribution in [-0.2, 0) is 0 Å². The zero-order valence-corrected chi connectivity index (χ0v) is 8.02. The Morgan fingerprint density at radius 2 is 2.07 bits per heavy atom. The van der Waals surface area contributed by atoms with Gasteiger partial charge < -0.3 is 15.2 Å². The van der Waals surface area contributed by atoms with Gasteiger partial charge in [-0.05, 0) is 25.1 Å². The van der Waals surface area contributed by atoms with Crippen molar-refractivity contribution in [3.8, 4) is 5.75 Å². The van der Waals surface area contributed by atoms with Gasteiger partial charge in [0.25, 0.3) is 0 Å². The maximum absolute atomic E-state index is 9.64. The smallest absolute Gasteiger partial charge is 0.127 e. The number of piperidine rings is 1. The van der Waals surface area contributed by atoms with Gasteiger partial charge in [0.05, 0.1) is 0 Å². The Balaban J connectivity index is 1.96. The SMILES string of the molecule is O[C@@H]1CNCC[C@@H]1Oc1ccccc1. The Morgan fingerprint density at radius 1 is 1.29 bits per heavy atom. The Hall–Kier alpha value is -1.06. The van der Waals surface area contributed by atoms with Crippen molar-refractivity contribution in [2.75, 3.05) is 13.1 Å². The van der Waals surface area contributed by atoms with Crippen molar-refractivity contribution >= 4 is 0 Å². The minimum atomic E-state index is -0.399. The van der Waals surface area contributed by atoms with Crippen molar-refractivity contribution in [3.05, 3.63) is 30.3 Å². The molecule has 1 saturated heterocycles. The monoisotopic (exact) mass is 193 g/mol. The van der Waals surface area contributed by atoms with E-state index < -0.39 is 6.10 Å². The lowest BCUT2D eigenvalue weighted by Gasteiger charge is -2.28. The third-order valence-corrected chi connectivity index (χ3v) is 2.42. The van der Waals surface area contributed by atoms with E-state index in [1.807, 2.05) is 30.3 Å². The summed E-state index contributed by atoms with van der Waals surface area (Å²) < 4.78 is 5.68. The van der Waals surface area contributed by atoms with E-state index in [0.717, 1.165) is 18.7 Å². The lowest BCUT2D eigenvalue weighted by molar-refractivity contribution is 0.0163. The molecule has 0 radical (unpaired) electrons. The number of β-amino-alcohol motifs (C(OH)–C–C–N with tert-alkyl or cyclic N) is 1. The molecule has 0 unspecified atom stereocenters. The van der Waals surface area contributed by atoms with Crippen molar-refractivity contribution in [1.82, 2.24) is 5.32 Å². The average Bonchev–Trinajstić information content (AvgIpc) is 2.23. The summed E-state index contributed by atoms with van der Waals surface area (Å²) >= 11 is 0. The fourth-order valence-corrected chi connectivity index (χ4v) is 1.63. The van der Waals surface area contributed by atoms with Crippen molar-refractivity contribution in [2.24, 2.45) is 0 Å². The van der Waals surface area contributed by atoms with E-state index in [1.54, 1.807) is 0 Å². The van der Waals surface area contributed by atoms with E-state index in [-0.39, 0.29) is 6.10 Å². The van der Waals surface area contributed by atoms with E-state index in [9.17, 15) is 5.11 Å². The first-order valence-electron chi connectivity index (χ1n) is 4.97. The zero-order chi connectivity index (χ0) is 9.80. The maximum atomic E-state index is 9.64. The standard InChI is InChI=1S/C11H15NO2/c13-10-8-12-7-6-11(10)14-9-4-2-1-3-5-9/h1-5,10-13H,6-8H2/t10-,11+/m1/s1. The third-order valence-electron chi connectivity index (χ3n) is 2.42. The van der Waals surface area contributed by atoms with Crippen molar-refractivity contribution in [1.29, 1.82) is 0 Å².